The van der Waals surface area contributed by atoms with Gasteiger partial charge in [0.1, 0.15) is 5.82 Å². The van der Waals surface area contributed by atoms with Gasteiger partial charge in [-0.2, -0.15) is 5.10 Å². The van der Waals surface area contributed by atoms with Gasteiger partial charge in [-0.05, 0) is 25.0 Å². The molecule has 2 aromatic rings. The number of anilines is 1. The molecule has 0 atom stereocenters. The van der Waals surface area contributed by atoms with Crippen LogP contribution in [0, 0.1) is 6.92 Å². The molecule has 0 spiro atoms. The molecule has 6 nitrogen and oxygen atoms in total. The van der Waals surface area contributed by atoms with Gasteiger partial charge in [0.25, 0.3) is 0 Å². The van der Waals surface area contributed by atoms with E-state index in [-0.39, 0.29) is 5.69 Å². The van der Waals surface area contributed by atoms with Crippen molar-refractivity contribution in [2.75, 3.05) is 5.73 Å². The van der Waals surface area contributed by atoms with Crippen molar-refractivity contribution in [1.82, 2.24) is 19.3 Å². The summed E-state index contributed by atoms with van der Waals surface area (Å²) in [6.45, 7) is 3.28. The van der Waals surface area contributed by atoms with Crippen molar-refractivity contribution in [3.8, 4) is 0 Å². The van der Waals surface area contributed by atoms with Crippen molar-refractivity contribution in [1.29, 1.82) is 0 Å². The average Bonchev–Trinajstić information content (AvgIpc) is 2.69. The van der Waals surface area contributed by atoms with Crippen LogP contribution in [0.3, 0.4) is 0 Å². The first-order chi connectivity index (χ1) is 8.15. The van der Waals surface area contributed by atoms with E-state index in [4.69, 9.17) is 5.73 Å². The predicted octanol–water partition coefficient (Wildman–Crippen LogP) is 0.421. The van der Waals surface area contributed by atoms with Gasteiger partial charge in [-0.15, -0.1) is 0 Å². The molecule has 0 amide bonds. The Hall–Kier alpha value is -2.11. The van der Waals surface area contributed by atoms with Crippen LogP contribution in [0.1, 0.15) is 12.0 Å². The fourth-order valence-electron chi connectivity index (χ4n) is 1.63. The van der Waals surface area contributed by atoms with Gasteiger partial charge in [0.05, 0.1) is 0 Å². The van der Waals surface area contributed by atoms with Gasteiger partial charge in [0.15, 0.2) is 0 Å². The van der Waals surface area contributed by atoms with E-state index in [9.17, 15) is 4.79 Å². The minimum absolute atomic E-state index is 0.212. The fourth-order valence-corrected chi connectivity index (χ4v) is 1.63. The molecule has 6 heteroatoms. The van der Waals surface area contributed by atoms with E-state index in [0.717, 1.165) is 18.5 Å². The van der Waals surface area contributed by atoms with Crippen molar-refractivity contribution in [2.45, 2.75) is 26.4 Å². The molecule has 0 aliphatic heterocycles. The van der Waals surface area contributed by atoms with Crippen LogP contribution < -0.4 is 11.4 Å². The van der Waals surface area contributed by atoms with Gasteiger partial charge in [0.2, 0.25) is 0 Å². The van der Waals surface area contributed by atoms with Gasteiger partial charge < -0.3 is 5.73 Å². The van der Waals surface area contributed by atoms with Crippen LogP contribution in [-0.4, -0.2) is 19.3 Å². The third kappa shape index (κ3) is 2.93. The van der Waals surface area contributed by atoms with Gasteiger partial charge in [0, 0.05) is 31.7 Å². The van der Waals surface area contributed by atoms with E-state index in [1.165, 1.54) is 0 Å². The van der Waals surface area contributed by atoms with Crippen LogP contribution in [0.2, 0.25) is 0 Å². The molecule has 2 rings (SSSR count). The van der Waals surface area contributed by atoms with Gasteiger partial charge in [-0.1, -0.05) is 0 Å². The number of rotatable bonds is 4. The lowest BCUT2D eigenvalue weighted by Crippen LogP contribution is -2.23. The Morgan fingerprint density at radius 1 is 1.41 bits per heavy atom. The summed E-state index contributed by atoms with van der Waals surface area (Å²) in [6, 6.07) is 1.75. The Balaban J connectivity index is 1.94. The summed E-state index contributed by atoms with van der Waals surface area (Å²) in [5.41, 5.74) is 6.28. The Kier molecular flexibility index (Phi) is 3.22. The second kappa shape index (κ2) is 4.82. The molecule has 2 heterocycles. The van der Waals surface area contributed by atoms with Crippen LogP contribution in [0.4, 0.5) is 5.82 Å². The first kappa shape index (κ1) is 11.4. The van der Waals surface area contributed by atoms with Crippen LogP contribution >= 0.6 is 0 Å². The van der Waals surface area contributed by atoms with Gasteiger partial charge in [-0.25, -0.2) is 9.78 Å². The first-order valence-electron chi connectivity index (χ1n) is 5.47. The van der Waals surface area contributed by atoms with E-state index < -0.39 is 0 Å². The van der Waals surface area contributed by atoms with Crippen LogP contribution in [0.5, 0.6) is 0 Å². The predicted molar refractivity (Wildman–Crippen MR) is 64.5 cm³/mol. The minimum atomic E-state index is -0.212. The zero-order chi connectivity index (χ0) is 12.3. The normalized spacial score (nSPS) is 10.6. The van der Waals surface area contributed by atoms with Crippen molar-refractivity contribution < 1.29 is 0 Å². The SMILES string of the molecule is Cc1cnc(=O)n(CCCn2ccc(N)n2)c1. The molecule has 90 valence electrons. The average molecular weight is 233 g/mol. The minimum Gasteiger partial charge on any atom is -0.382 e. The zero-order valence-corrected chi connectivity index (χ0v) is 9.71. The van der Waals surface area contributed by atoms with Crippen molar-refractivity contribution >= 4 is 5.82 Å². The van der Waals surface area contributed by atoms with Crippen LogP contribution in [0.15, 0.2) is 29.5 Å². The Morgan fingerprint density at radius 2 is 2.24 bits per heavy atom. The monoisotopic (exact) mass is 233 g/mol. The molecule has 0 saturated carbocycles. The maximum absolute atomic E-state index is 11.4. The lowest BCUT2D eigenvalue weighted by Gasteiger charge is -2.05. The Bertz CT molecular complexity index is 557. The van der Waals surface area contributed by atoms with Crippen molar-refractivity contribution in [3.63, 3.8) is 0 Å². The molecule has 0 aliphatic carbocycles. The van der Waals surface area contributed by atoms with Crippen molar-refractivity contribution in [2.24, 2.45) is 0 Å². The number of aromatic nitrogens is 4. The molecule has 0 unspecified atom stereocenters. The first-order valence-corrected chi connectivity index (χ1v) is 5.47. The summed E-state index contributed by atoms with van der Waals surface area (Å²) in [5.74, 6) is 0.513. The number of nitrogens with two attached hydrogens (primary N) is 1. The molecule has 0 fully saturated rings. The van der Waals surface area contributed by atoms with E-state index >= 15 is 0 Å². The van der Waals surface area contributed by atoms with Crippen molar-refractivity contribution in [3.05, 3.63) is 40.7 Å². The van der Waals surface area contributed by atoms with E-state index in [0.29, 0.717) is 12.4 Å². The highest BCUT2D eigenvalue weighted by Crippen LogP contribution is 1.98. The second-order valence-electron chi connectivity index (χ2n) is 3.96. The molecule has 0 aliphatic rings. The molecule has 0 aromatic carbocycles. The molecule has 2 aromatic heterocycles. The zero-order valence-electron chi connectivity index (χ0n) is 9.71. The maximum atomic E-state index is 11.4. The number of hydrogen-bond acceptors (Lipinski definition) is 4. The molecule has 0 radical (unpaired) electrons. The summed E-state index contributed by atoms with van der Waals surface area (Å²) in [5, 5.41) is 4.07. The molecule has 2 N–H and O–H groups in total. The molecular weight excluding hydrogens is 218 g/mol. The summed E-state index contributed by atoms with van der Waals surface area (Å²) in [6.07, 6.45) is 6.03. The highest BCUT2D eigenvalue weighted by molar-refractivity contribution is 5.23. The van der Waals surface area contributed by atoms with Gasteiger partial charge in [-0.3, -0.25) is 9.25 Å². The number of aryl methyl sites for hydroxylation is 3. The van der Waals surface area contributed by atoms with Gasteiger partial charge >= 0.3 is 5.69 Å². The quantitative estimate of drug-likeness (QED) is 0.830. The third-order valence-electron chi connectivity index (χ3n) is 2.43. The summed E-state index contributed by atoms with van der Waals surface area (Å²) in [7, 11) is 0. The van der Waals surface area contributed by atoms with E-state index in [1.807, 2.05) is 19.3 Å². The lowest BCUT2D eigenvalue weighted by atomic mass is 10.3. The number of nitrogens with zero attached hydrogens (tertiary/aromatic N) is 4. The third-order valence-corrected chi connectivity index (χ3v) is 2.43. The summed E-state index contributed by atoms with van der Waals surface area (Å²) >= 11 is 0. The smallest absolute Gasteiger partial charge is 0.347 e. The number of nitrogen functional groups attached to an aromatic ring is 1. The lowest BCUT2D eigenvalue weighted by molar-refractivity contribution is 0.514. The van der Waals surface area contributed by atoms with E-state index in [1.54, 1.807) is 21.5 Å². The second-order valence-corrected chi connectivity index (χ2v) is 3.96. The number of hydrogen-bond donors (Lipinski definition) is 1. The summed E-state index contributed by atoms with van der Waals surface area (Å²) < 4.78 is 3.38. The molecular formula is C11H15N5O. The van der Waals surface area contributed by atoms with Crippen LogP contribution in [0.25, 0.3) is 0 Å². The topological polar surface area (TPSA) is 78.7 Å². The molecule has 17 heavy (non-hydrogen) atoms. The molecule has 0 bridgehead atoms. The highest BCUT2D eigenvalue weighted by atomic mass is 16.1. The summed E-state index contributed by atoms with van der Waals surface area (Å²) in [4.78, 5) is 15.2. The highest BCUT2D eigenvalue weighted by Gasteiger charge is 1.99. The Labute approximate surface area is 98.7 Å². The Morgan fingerprint density at radius 3 is 2.94 bits per heavy atom. The standard InChI is InChI=1S/C11H15N5O/c1-9-7-13-11(17)15(8-9)4-2-5-16-6-3-10(12)14-16/h3,6-8H,2,4-5H2,1H3,(H2,12,14). The fraction of sp³-hybridized carbons (Fsp3) is 0.364. The largest absolute Gasteiger partial charge is 0.382 e. The van der Waals surface area contributed by atoms with Crippen LogP contribution in [-0.2, 0) is 13.1 Å². The maximum Gasteiger partial charge on any atom is 0.347 e. The van der Waals surface area contributed by atoms with E-state index in [2.05, 4.69) is 10.1 Å². The molecule has 0 saturated heterocycles.